The quantitative estimate of drug-likeness (QED) is 0.706. The Morgan fingerprint density at radius 2 is 1.89 bits per heavy atom. The summed E-state index contributed by atoms with van der Waals surface area (Å²) in [7, 11) is 3.30. The Labute approximate surface area is 166 Å². The summed E-state index contributed by atoms with van der Waals surface area (Å²) in [6.07, 6.45) is 5.88. The van der Waals surface area contributed by atoms with Crippen molar-refractivity contribution in [1.29, 1.82) is 0 Å². The second kappa shape index (κ2) is 9.44. The van der Waals surface area contributed by atoms with Gasteiger partial charge in [0, 0.05) is 31.4 Å². The van der Waals surface area contributed by atoms with Crippen molar-refractivity contribution < 1.29 is 14.3 Å². The second-order valence-electron chi connectivity index (χ2n) is 7.01. The summed E-state index contributed by atoms with van der Waals surface area (Å²) in [5, 5.41) is 2.99. The Kier molecular flexibility index (Phi) is 6.74. The van der Waals surface area contributed by atoms with Crippen LogP contribution in [-0.2, 0) is 13.0 Å². The summed E-state index contributed by atoms with van der Waals surface area (Å²) >= 11 is 0. The van der Waals surface area contributed by atoms with Gasteiger partial charge in [0.15, 0.2) is 11.5 Å². The molecule has 1 aromatic carbocycles. The van der Waals surface area contributed by atoms with Gasteiger partial charge in [-0.05, 0) is 48.2 Å². The number of nitrogens with one attached hydrogen (secondary N) is 1. The molecule has 0 fully saturated rings. The SMILES string of the molecule is CCCCCNC(=O)c1ccnc(N2CCc3cc(OC)c(OC)cc3C2)c1. The Morgan fingerprint density at radius 1 is 1.14 bits per heavy atom. The number of hydrogen-bond donors (Lipinski definition) is 1. The number of methoxy groups -OCH3 is 2. The lowest BCUT2D eigenvalue weighted by Crippen LogP contribution is -2.31. The summed E-state index contributed by atoms with van der Waals surface area (Å²) in [6, 6.07) is 7.73. The molecule has 0 spiro atoms. The normalized spacial score (nSPS) is 13.0. The molecule has 0 bridgehead atoms. The molecule has 1 amide bonds. The molecule has 3 rings (SSSR count). The van der Waals surface area contributed by atoms with E-state index in [1.54, 1.807) is 26.5 Å². The zero-order valence-electron chi connectivity index (χ0n) is 17.0. The summed E-state index contributed by atoms with van der Waals surface area (Å²) in [6.45, 7) is 4.43. The van der Waals surface area contributed by atoms with Crippen molar-refractivity contribution in [1.82, 2.24) is 10.3 Å². The van der Waals surface area contributed by atoms with E-state index < -0.39 is 0 Å². The predicted molar refractivity (Wildman–Crippen MR) is 110 cm³/mol. The maximum Gasteiger partial charge on any atom is 0.251 e. The molecule has 28 heavy (non-hydrogen) atoms. The number of unbranched alkanes of at least 4 members (excludes halogenated alkanes) is 2. The van der Waals surface area contributed by atoms with Crippen LogP contribution in [-0.4, -0.2) is 38.2 Å². The highest BCUT2D eigenvalue weighted by Gasteiger charge is 2.21. The molecule has 6 heteroatoms. The largest absolute Gasteiger partial charge is 0.493 e. The number of amides is 1. The molecule has 1 aliphatic rings. The molecular weight excluding hydrogens is 354 g/mol. The van der Waals surface area contributed by atoms with Crippen LogP contribution in [0.15, 0.2) is 30.5 Å². The van der Waals surface area contributed by atoms with Crippen LogP contribution in [0.3, 0.4) is 0 Å². The Balaban J connectivity index is 1.72. The van der Waals surface area contributed by atoms with Crippen LogP contribution in [0.4, 0.5) is 5.82 Å². The maximum atomic E-state index is 12.4. The van der Waals surface area contributed by atoms with Crippen molar-refractivity contribution >= 4 is 11.7 Å². The highest BCUT2D eigenvalue weighted by molar-refractivity contribution is 5.94. The molecule has 0 aliphatic carbocycles. The summed E-state index contributed by atoms with van der Waals surface area (Å²) in [4.78, 5) is 19.1. The Morgan fingerprint density at radius 3 is 2.61 bits per heavy atom. The molecule has 0 unspecified atom stereocenters. The lowest BCUT2D eigenvalue weighted by molar-refractivity contribution is 0.0953. The van der Waals surface area contributed by atoms with Gasteiger partial charge < -0.3 is 19.7 Å². The zero-order valence-corrected chi connectivity index (χ0v) is 17.0. The number of fused-ring (bicyclic) bond motifs is 1. The number of rotatable bonds is 8. The highest BCUT2D eigenvalue weighted by atomic mass is 16.5. The molecule has 2 heterocycles. The van der Waals surface area contributed by atoms with Gasteiger partial charge >= 0.3 is 0 Å². The van der Waals surface area contributed by atoms with Crippen LogP contribution < -0.4 is 19.7 Å². The Hall–Kier alpha value is -2.76. The first kappa shape index (κ1) is 20.0. The minimum atomic E-state index is -0.0384. The first-order valence-electron chi connectivity index (χ1n) is 9.89. The average molecular weight is 383 g/mol. The third-order valence-corrected chi connectivity index (χ3v) is 5.12. The van der Waals surface area contributed by atoms with Gasteiger partial charge in [-0.15, -0.1) is 0 Å². The van der Waals surface area contributed by atoms with Gasteiger partial charge in [-0.2, -0.15) is 0 Å². The first-order chi connectivity index (χ1) is 13.7. The van der Waals surface area contributed by atoms with E-state index in [9.17, 15) is 4.79 Å². The molecule has 0 saturated heterocycles. The fraction of sp³-hybridized carbons (Fsp3) is 0.455. The van der Waals surface area contributed by atoms with E-state index in [1.807, 2.05) is 12.1 Å². The van der Waals surface area contributed by atoms with E-state index in [2.05, 4.69) is 28.2 Å². The number of carbonyl (C=O) groups excluding carboxylic acids is 1. The van der Waals surface area contributed by atoms with Crippen LogP contribution in [0.25, 0.3) is 0 Å². The first-order valence-corrected chi connectivity index (χ1v) is 9.89. The van der Waals surface area contributed by atoms with E-state index in [0.717, 1.165) is 56.1 Å². The Bertz CT molecular complexity index is 823. The molecule has 1 N–H and O–H groups in total. The number of ether oxygens (including phenoxy) is 2. The molecular formula is C22H29N3O3. The topological polar surface area (TPSA) is 63.7 Å². The second-order valence-corrected chi connectivity index (χ2v) is 7.01. The van der Waals surface area contributed by atoms with Gasteiger partial charge in [0.05, 0.1) is 14.2 Å². The van der Waals surface area contributed by atoms with Gasteiger partial charge in [-0.1, -0.05) is 19.8 Å². The van der Waals surface area contributed by atoms with E-state index in [-0.39, 0.29) is 5.91 Å². The van der Waals surface area contributed by atoms with Crippen molar-refractivity contribution in [3.8, 4) is 11.5 Å². The zero-order chi connectivity index (χ0) is 19.9. The molecule has 1 aliphatic heterocycles. The fourth-order valence-electron chi connectivity index (χ4n) is 3.49. The number of nitrogens with zero attached hydrogens (tertiary/aromatic N) is 2. The van der Waals surface area contributed by atoms with Gasteiger partial charge in [0.2, 0.25) is 0 Å². The predicted octanol–water partition coefficient (Wildman–Crippen LogP) is 3.58. The molecule has 0 radical (unpaired) electrons. The standard InChI is InChI=1S/C22H29N3O3/c1-4-5-6-9-24-22(26)17-7-10-23-21(14-17)25-11-8-16-12-19(27-2)20(28-3)13-18(16)15-25/h7,10,12-14H,4-6,8-9,11,15H2,1-3H3,(H,24,26). The number of pyridine rings is 1. The molecule has 0 atom stereocenters. The van der Waals surface area contributed by atoms with Crippen LogP contribution in [0.2, 0.25) is 0 Å². The van der Waals surface area contributed by atoms with Crippen molar-refractivity contribution in [2.45, 2.75) is 39.2 Å². The summed E-state index contributed by atoms with van der Waals surface area (Å²) < 4.78 is 10.8. The maximum absolute atomic E-state index is 12.4. The molecule has 1 aromatic heterocycles. The van der Waals surface area contributed by atoms with Gasteiger partial charge in [0.25, 0.3) is 5.91 Å². The fourth-order valence-corrected chi connectivity index (χ4v) is 3.49. The van der Waals surface area contributed by atoms with Crippen LogP contribution >= 0.6 is 0 Å². The third kappa shape index (κ3) is 4.55. The summed E-state index contributed by atoms with van der Waals surface area (Å²) in [5.74, 6) is 2.27. The molecule has 0 saturated carbocycles. The number of aromatic nitrogens is 1. The van der Waals surface area contributed by atoms with Gasteiger partial charge in [0.1, 0.15) is 5.82 Å². The van der Waals surface area contributed by atoms with Crippen LogP contribution in [0.5, 0.6) is 11.5 Å². The van der Waals surface area contributed by atoms with Crippen molar-refractivity contribution in [3.63, 3.8) is 0 Å². The molecule has 2 aromatic rings. The van der Waals surface area contributed by atoms with Gasteiger partial charge in [-0.25, -0.2) is 4.98 Å². The number of benzene rings is 1. The minimum absolute atomic E-state index is 0.0384. The van der Waals surface area contributed by atoms with E-state index >= 15 is 0 Å². The van der Waals surface area contributed by atoms with Crippen molar-refractivity contribution in [2.75, 3.05) is 32.2 Å². The van der Waals surface area contributed by atoms with Crippen LogP contribution in [0.1, 0.15) is 47.7 Å². The lowest BCUT2D eigenvalue weighted by Gasteiger charge is -2.30. The van der Waals surface area contributed by atoms with Crippen molar-refractivity contribution in [2.24, 2.45) is 0 Å². The van der Waals surface area contributed by atoms with E-state index in [0.29, 0.717) is 12.1 Å². The van der Waals surface area contributed by atoms with Gasteiger partial charge in [-0.3, -0.25) is 4.79 Å². The number of hydrogen-bond acceptors (Lipinski definition) is 5. The third-order valence-electron chi connectivity index (χ3n) is 5.12. The highest BCUT2D eigenvalue weighted by Crippen LogP contribution is 2.34. The minimum Gasteiger partial charge on any atom is -0.493 e. The number of anilines is 1. The molecule has 150 valence electrons. The number of carbonyl (C=O) groups is 1. The monoisotopic (exact) mass is 383 g/mol. The van der Waals surface area contributed by atoms with Crippen molar-refractivity contribution in [3.05, 3.63) is 47.2 Å². The molecule has 6 nitrogen and oxygen atoms in total. The summed E-state index contributed by atoms with van der Waals surface area (Å²) in [5.41, 5.74) is 3.11. The average Bonchev–Trinajstić information content (AvgIpc) is 2.75. The lowest BCUT2D eigenvalue weighted by atomic mass is 9.98. The van der Waals surface area contributed by atoms with E-state index in [4.69, 9.17) is 9.47 Å². The smallest absolute Gasteiger partial charge is 0.251 e. The van der Waals surface area contributed by atoms with Crippen LogP contribution in [0, 0.1) is 0 Å². The van der Waals surface area contributed by atoms with E-state index in [1.165, 1.54) is 11.1 Å².